The molecule has 0 bridgehead atoms. The van der Waals surface area contributed by atoms with Crippen molar-refractivity contribution in [2.24, 2.45) is 0 Å². The minimum Gasteiger partial charge on any atom is -0.379 e. The summed E-state index contributed by atoms with van der Waals surface area (Å²) in [5, 5.41) is 6.49. The van der Waals surface area contributed by atoms with Gasteiger partial charge in [0.15, 0.2) is 0 Å². The van der Waals surface area contributed by atoms with Crippen LogP contribution in [0.2, 0.25) is 5.28 Å². The zero-order valence-corrected chi connectivity index (χ0v) is 15.9. The number of nitrogens with one attached hydrogen (secondary N) is 2. The van der Waals surface area contributed by atoms with E-state index in [4.69, 9.17) is 16.3 Å². The molecule has 2 heterocycles. The number of morpholine rings is 1. The highest BCUT2D eigenvalue weighted by atomic mass is 127. The quantitative estimate of drug-likeness (QED) is 0.642. The van der Waals surface area contributed by atoms with Gasteiger partial charge < -0.3 is 15.4 Å². The van der Waals surface area contributed by atoms with Crippen LogP contribution in [0.25, 0.3) is 0 Å². The molecule has 0 amide bonds. The number of ether oxygens (including phenoxy) is 1. The average molecular weight is 461 g/mol. The van der Waals surface area contributed by atoms with Crippen molar-refractivity contribution in [1.29, 1.82) is 0 Å². The molecule has 1 aliphatic heterocycles. The second-order valence-electron chi connectivity index (χ2n) is 5.26. The normalized spacial score (nSPS) is 15.2. The Hall–Kier alpha value is -1.23. The van der Waals surface area contributed by atoms with Crippen LogP contribution < -0.4 is 10.6 Å². The lowest BCUT2D eigenvalue weighted by Gasteiger charge is -2.26. The highest BCUT2D eigenvalue weighted by Gasteiger charge is 2.10. The summed E-state index contributed by atoms with van der Waals surface area (Å²) >= 11 is 8.26. The molecule has 0 spiro atoms. The zero-order chi connectivity index (χ0) is 16.8. The van der Waals surface area contributed by atoms with E-state index in [1.54, 1.807) is 0 Å². The van der Waals surface area contributed by atoms with Gasteiger partial charge in [0.2, 0.25) is 17.2 Å². The molecule has 0 saturated carbocycles. The first-order chi connectivity index (χ1) is 11.7. The molecule has 3 rings (SSSR count). The third-order valence-corrected chi connectivity index (χ3v) is 4.41. The van der Waals surface area contributed by atoms with Crippen LogP contribution in [0.3, 0.4) is 0 Å². The molecule has 0 unspecified atom stereocenters. The Labute approximate surface area is 159 Å². The van der Waals surface area contributed by atoms with Crippen molar-refractivity contribution in [2.45, 2.75) is 0 Å². The predicted molar refractivity (Wildman–Crippen MR) is 103 cm³/mol. The smallest absolute Gasteiger partial charge is 0.233 e. The number of halogens is 2. The van der Waals surface area contributed by atoms with E-state index in [1.165, 1.54) is 0 Å². The van der Waals surface area contributed by atoms with Gasteiger partial charge in [0.05, 0.1) is 13.2 Å². The molecule has 1 fully saturated rings. The van der Waals surface area contributed by atoms with E-state index in [-0.39, 0.29) is 5.28 Å². The molecule has 1 aromatic heterocycles. The Morgan fingerprint density at radius 3 is 2.54 bits per heavy atom. The van der Waals surface area contributed by atoms with Gasteiger partial charge >= 0.3 is 0 Å². The van der Waals surface area contributed by atoms with Gasteiger partial charge in [-0.15, -0.1) is 0 Å². The molecule has 1 saturated heterocycles. The zero-order valence-electron chi connectivity index (χ0n) is 13.0. The summed E-state index contributed by atoms with van der Waals surface area (Å²) in [6, 6.07) is 7.94. The minimum atomic E-state index is 0.159. The molecule has 2 aromatic rings. The van der Waals surface area contributed by atoms with Crippen molar-refractivity contribution >= 4 is 51.8 Å². The molecule has 128 valence electrons. The van der Waals surface area contributed by atoms with E-state index >= 15 is 0 Å². The molecule has 7 nitrogen and oxygen atoms in total. The SMILES string of the molecule is Clc1nc(NCCN2CCOCC2)nc(Nc2ccc(I)cc2)n1. The van der Waals surface area contributed by atoms with Crippen molar-refractivity contribution in [3.05, 3.63) is 33.1 Å². The van der Waals surface area contributed by atoms with Crippen molar-refractivity contribution < 1.29 is 4.74 Å². The second-order valence-corrected chi connectivity index (χ2v) is 6.85. The van der Waals surface area contributed by atoms with Crippen molar-refractivity contribution in [3.63, 3.8) is 0 Å². The summed E-state index contributed by atoms with van der Waals surface area (Å²) in [7, 11) is 0. The number of hydrogen-bond donors (Lipinski definition) is 2. The molecular weight excluding hydrogens is 443 g/mol. The fraction of sp³-hybridized carbons (Fsp3) is 0.400. The number of rotatable bonds is 6. The van der Waals surface area contributed by atoms with Gasteiger partial charge in [-0.25, -0.2) is 0 Å². The summed E-state index contributed by atoms with van der Waals surface area (Å²) in [4.78, 5) is 14.9. The lowest BCUT2D eigenvalue weighted by molar-refractivity contribution is 0.0398. The van der Waals surface area contributed by atoms with Crippen molar-refractivity contribution in [1.82, 2.24) is 19.9 Å². The largest absolute Gasteiger partial charge is 0.379 e. The first-order valence-corrected chi connectivity index (χ1v) is 9.13. The third-order valence-electron chi connectivity index (χ3n) is 3.52. The van der Waals surface area contributed by atoms with Crippen molar-refractivity contribution in [3.8, 4) is 0 Å². The first-order valence-electron chi connectivity index (χ1n) is 7.67. The topological polar surface area (TPSA) is 75.2 Å². The van der Waals surface area contributed by atoms with E-state index in [1.807, 2.05) is 24.3 Å². The van der Waals surface area contributed by atoms with E-state index in [2.05, 4.69) is 53.1 Å². The molecule has 2 N–H and O–H groups in total. The highest BCUT2D eigenvalue weighted by molar-refractivity contribution is 14.1. The molecule has 1 aromatic carbocycles. The number of aromatic nitrogens is 3. The maximum atomic E-state index is 6.00. The molecule has 9 heteroatoms. The van der Waals surface area contributed by atoms with Gasteiger partial charge in [-0.05, 0) is 58.5 Å². The molecule has 1 aliphatic rings. The van der Waals surface area contributed by atoms with Gasteiger partial charge in [-0.3, -0.25) is 4.90 Å². The standard InChI is InChI=1S/C15H18ClIN6O/c16-13-20-14(18-5-6-23-7-9-24-10-8-23)22-15(21-13)19-12-3-1-11(17)2-4-12/h1-4H,5-10H2,(H2,18,19,20,21,22). The van der Waals surface area contributed by atoms with Crippen LogP contribution in [0, 0.1) is 3.57 Å². The molecule has 0 aliphatic carbocycles. The van der Waals surface area contributed by atoms with Gasteiger partial charge in [-0.2, -0.15) is 15.0 Å². The lowest BCUT2D eigenvalue weighted by Crippen LogP contribution is -2.39. The Balaban J connectivity index is 1.57. The number of anilines is 3. The van der Waals surface area contributed by atoms with Gasteiger partial charge in [-0.1, -0.05) is 0 Å². The van der Waals surface area contributed by atoms with Crippen LogP contribution in [0.1, 0.15) is 0 Å². The Kier molecular flexibility index (Phi) is 6.41. The summed E-state index contributed by atoms with van der Waals surface area (Å²) in [5.74, 6) is 0.890. The molecule has 0 radical (unpaired) electrons. The van der Waals surface area contributed by atoms with Crippen molar-refractivity contribution in [2.75, 3.05) is 50.0 Å². The number of benzene rings is 1. The number of nitrogens with zero attached hydrogens (tertiary/aromatic N) is 4. The summed E-state index contributed by atoms with van der Waals surface area (Å²) in [6.45, 7) is 5.15. The Morgan fingerprint density at radius 2 is 1.79 bits per heavy atom. The summed E-state index contributed by atoms with van der Waals surface area (Å²) in [6.07, 6.45) is 0. The third kappa shape index (κ3) is 5.40. The minimum absolute atomic E-state index is 0.159. The number of hydrogen-bond acceptors (Lipinski definition) is 7. The lowest BCUT2D eigenvalue weighted by atomic mass is 10.3. The van der Waals surface area contributed by atoms with Crippen LogP contribution in [-0.4, -0.2) is 59.2 Å². The second kappa shape index (κ2) is 8.75. The van der Waals surface area contributed by atoms with Crippen LogP contribution in [0.5, 0.6) is 0 Å². The van der Waals surface area contributed by atoms with Crippen LogP contribution >= 0.6 is 34.2 Å². The van der Waals surface area contributed by atoms with Crippen LogP contribution in [0.15, 0.2) is 24.3 Å². The van der Waals surface area contributed by atoms with E-state index < -0.39 is 0 Å². The summed E-state index contributed by atoms with van der Waals surface area (Å²) in [5.41, 5.74) is 0.900. The summed E-state index contributed by atoms with van der Waals surface area (Å²) < 4.78 is 6.50. The molecule has 24 heavy (non-hydrogen) atoms. The maximum Gasteiger partial charge on any atom is 0.233 e. The fourth-order valence-electron chi connectivity index (χ4n) is 2.30. The van der Waals surface area contributed by atoms with Crippen LogP contribution in [-0.2, 0) is 4.74 Å². The molecular formula is C15H18ClIN6O. The monoisotopic (exact) mass is 460 g/mol. The first kappa shape index (κ1) is 17.6. The predicted octanol–water partition coefficient (Wildman–Crippen LogP) is 2.62. The van der Waals surface area contributed by atoms with Gasteiger partial charge in [0.1, 0.15) is 0 Å². The average Bonchev–Trinajstić information content (AvgIpc) is 2.57. The van der Waals surface area contributed by atoms with E-state index in [9.17, 15) is 0 Å². The maximum absolute atomic E-state index is 6.00. The van der Waals surface area contributed by atoms with Crippen LogP contribution in [0.4, 0.5) is 17.6 Å². The fourth-order valence-corrected chi connectivity index (χ4v) is 2.82. The van der Waals surface area contributed by atoms with E-state index in [0.717, 1.165) is 48.7 Å². The van der Waals surface area contributed by atoms with Gasteiger partial charge in [0.25, 0.3) is 0 Å². The Morgan fingerprint density at radius 1 is 1.08 bits per heavy atom. The van der Waals surface area contributed by atoms with E-state index in [0.29, 0.717) is 11.9 Å². The highest BCUT2D eigenvalue weighted by Crippen LogP contribution is 2.17. The molecule has 0 atom stereocenters. The van der Waals surface area contributed by atoms with Gasteiger partial charge in [0, 0.05) is 35.4 Å². The Bertz CT molecular complexity index is 666.